The lowest BCUT2D eigenvalue weighted by Crippen LogP contribution is -2.30. The van der Waals surface area contributed by atoms with Crippen LogP contribution in [0.1, 0.15) is 40.0 Å². The zero-order valence-corrected chi connectivity index (χ0v) is 16.8. The number of rotatable bonds is 4. The summed E-state index contributed by atoms with van der Waals surface area (Å²) in [5.41, 5.74) is -3.49. The molecule has 0 N–H and O–H groups in total. The van der Waals surface area contributed by atoms with E-state index < -0.39 is 50.8 Å². The van der Waals surface area contributed by atoms with Gasteiger partial charge in [-0.3, -0.25) is 4.79 Å². The Morgan fingerprint density at radius 2 is 1.33 bits per heavy atom. The standard InChI is InChI=1S/C19H17F6NO3S/c1-11(12-4-6-16(7-5-12)30(3,28)29)26(2)17(27)13-8-14(18(20,21)22)10-15(9-13)19(23,24)25/h4-11H,1-3H3/t11-/m1/s1. The van der Waals surface area contributed by atoms with Crippen molar-refractivity contribution in [2.75, 3.05) is 13.3 Å². The maximum atomic E-state index is 13.0. The number of nitrogens with zero attached hydrogens (tertiary/aromatic N) is 1. The van der Waals surface area contributed by atoms with Gasteiger partial charge in [0.1, 0.15) is 0 Å². The van der Waals surface area contributed by atoms with Crippen LogP contribution in [-0.2, 0) is 22.2 Å². The maximum Gasteiger partial charge on any atom is 0.416 e. The Morgan fingerprint density at radius 3 is 1.70 bits per heavy atom. The number of amides is 1. The number of carbonyl (C=O) groups is 1. The highest BCUT2D eigenvalue weighted by molar-refractivity contribution is 7.90. The molecule has 1 atom stereocenters. The first-order valence-corrected chi connectivity index (χ1v) is 10.3. The number of carbonyl (C=O) groups excluding carboxylic acids is 1. The van der Waals surface area contributed by atoms with Crippen LogP contribution in [0.5, 0.6) is 0 Å². The summed E-state index contributed by atoms with van der Waals surface area (Å²) < 4.78 is 101. The van der Waals surface area contributed by atoms with Gasteiger partial charge < -0.3 is 4.90 Å². The van der Waals surface area contributed by atoms with E-state index in [9.17, 15) is 39.6 Å². The molecule has 0 aliphatic carbocycles. The second kappa shape index (κ2) is 7.93. The first-order chi connectivity index (χ1) is 13.5. The SMILES string of the molecule is C[C@H](c1ccc(S(C)(=O)=O)cc1)N(C)C(=O)c1cc(C(F)(F)F)cc(C(F)(F)F)c1. The number of sulfone groups is 1. The van der Waals surface area contributed by atoms with Crippen molar-refractivity contribution in [2.45, 2.75) is 30.2 Å². The molecule has 0 bridgehead atoms. The van der Waals surface area contributed by atoms with Crippen molar-refractivity contribution in [1.82, 2.24) is 4.90 Å². The molecule has 0 unspecified atom stereocenters. The predicted molar refractivity (Wildman–Crippen MR) is 96.5 cm³/mol. The van der Waals surface area contributed by atoms with Gasteiger partial charge in [-0.2, -0.15) is 26.3 Å². The van der Waals surface area contributed by atoms with Crippen molar-refractivity contribution in [3.63, 3.8) is 0 Å². The van der Waals surface area contributed by atoms with E-state index in [1.807, 2.05) is 0 Å². The van der Waals surface area contributed by atoms with Crippen molar-refractivity contribution >= 4 is 15.7 Å². The molecule has 0 saturated heterocycles. The quantitative estimate of drug-likeness (QED) is 0.615. The number of halogens is 6. The summed E-state index contributed by atoms with van der Waals surface area (Å²) in [6, 6.07) is 5.35. The Morgan fingerprint density at radius 1 is 0.900 bits per heavy atom. The third-order valence-electron chi connectivity index (χ3n) is 4.53. The van der Waals surface area contributed by atoms with Crippen LogP contribution < -0.4 is 0 Å². The summed E-state index contributed by atoms with van der Waals surface area (Å²) in [5, 5.41) is 0. The van der Waals surface area contributed by atoms with Crippen LogP contribution in [0, 0.1) is 0 Å². The van der Waals surface area contributed by atoms with Crippen molar-refractivity contribution in [3.05, 3.63) is 64.7 Å². The van der Waals surface area contributed by atoms with Crippen LogP contribution >= 0.6 is 0 Å². The Balaban J connectivity index is 2.41. The van der Waals surface area contributed by atoms with Crippen molar-refractivity contribution in [3.8, 4) is 0 Å². The molecule has 0 aromatic heterocycles. The van der Waals surface area contributed by atoms with Gasteiger partial charge >= 0.3 is 12.4 Å². The molecule has 0 heterocycles. The molecule has 0 saturated carbocycles. The third kappa shape index (κ3) is 5.32. The normalized spacial score (nSPS) is 13.8. The average molecular weight is 453 g/mol. The van der Waals surface area contributed by atoms with Gasteiger partial charge in [0.2, 0.25) is 0 Å². The van der Waals surface area contributed by atoms with Crippen LogP contribution in [0.25, 0.3) is 0 Å². The van der Waals surface area contributed by atoms with Crippen LogP contribution in [0.3, 0.4) is 0 Å². The lowest BCUT2D eigenvalue weighted by atomic mass is 10.0. The molecular weight excluding hydrogens is 436 g/mol. The first kappa shape index (κ1) is 23.7. The van der Waals surface area contributed by atoms with Crippen LogP contribution in [0.15, 0.2) is 47.4 Å². The fraction of sp³-hybridized carbons (Fsp3) is 0.316. The van der Waals surface area contributed by atoms with E-state index in [0.717, 1.165) is 11.2 Å². The largest absolute Gasteiger partial charge is 0.416 e. The minimum atomic E-state index is -5.07. The van der Waals surface area contributed by atoms with Gasteiger partial charge in [-0.05, 0) is 42.8 Å². The molecule has 164 valence electrons. The number of benzene rings is 2. The molecule has 0 radical (unpaired) electrons. The maximum absolute atomic E-state index is 13.0. The summed E-state index contributed by atoms with van der Waals surface area (Å²) in [5.74, 6) is -1.05. The van der Waals surface area contributed by atoms with E-state index in [1.165, 1.54) is 38.2 Å². The molecule has 11 heteroatoms. The second-order valence-electron chi connectivity index (χ2n) is 6.73. The zero-order valence-electron chi connectivity index (χ0n) is 16.0. The molecule has 2 aromatic rings. The molecule has 2 rings (SSSR count). The molecule has 1 amide bonds. The molecule has 0 spiro atoms. The van der Waals surface area contributed by atoms with E-state index in [0.29, 0.717) is 17.7 Å². The molecule has 2 aromatic carbocycles. The Labute approximate surface area is 169 Å². The van der Waals surface area contributed by atoms with Crippen LogP contribution in [-0.4, -0.2) is 32.5 Å². The van der Waals surface area contributed by atoms with E-state index in [-0.39, 0.29) is 11.0 Å². The summed E-state index contributed by atoms with van der Waals surface area (Å²) >= 11 is 0. The number of alkyl halides is 6. The van der Waals surface area contributed by atoms with E-state index >= 15 is 0 Å². The van der Waals surface area contributed by atoms with Crippen molar-refractivity contribution in [2.24, 2.45) is 0 Å². The second-order valence-corrected chi connectivity index (χ2v) is 8.74. The summed E-state index contributed by atoms with van der Waals surface area (Å²) in [4.78, 5) is 13.6. The van der Waals surface area contributed by atoms with Gasteiger partial charge in [-0.1, -0.05) is 12.1 Å². The average Bonchev–Trinajstić information content (AvgIpc) is 2.64. The molecule has 0 fully saturated rings. The zero-order chi connectivity index (χ0) is 23.1. The summed E-state index contributed by atoms with van der Waals surface area (Å²) in [7, 11) is -2.23. The fourth-order valence-electron chi connectivity index (χ4n) is 2.68. The summed E-state index contributed by atoms with van der Waals surface area (Å²) in [6.45, 7) is 1.51. The van der Waals surface area contributed by atoms with Crippen LogP contribution in [0.4, 0.5) is 26.3 Å². The number of hydrogen-bond donors (Lipinski definition) is 0. The molecular formula is C19H17F6NO3S. The van der Waals surface area contributed by atoms with Gasteiger partial charge in [-0.25, -0.2) is 8.42 Å². The van der Waals surface area contributed by atoms with Gasteiger partial charge in [0.15, 0.2) is 9.84 Å². The van der Waals surface area contributed by atoms with Crippen molar-refractivity contribution in [1.29, 1.82) is 0 Å². The summed E-state index contributed by atoms with van der Waals surface area (Å²) in [6.07, 6.45) is -9.13. The van der Waals surface area contributed by atoms with E-state index in [2.05, 4.69) is 0 Å². The minimum Gasteiger partial charge on any atom is -0.335 e. The highest BCUT2D eigenvalue weighted by Gasteiger charge is 2.38. The highest BCUT2D eigenvalue weighted by atomic mass is 32.2. The predicted octanol–water partition coefficient (Wildman–Crippen LogP) is 4.96. The Hall–Kier alpha value is -2.56. The minimum absolute atomic E-state index is 0.0279. The lowest BCUT2D eigenvalue weighted by molar-refractivity contribution is -0.143. The van der Waals surface area contributed by atoms with Gasteiger partial charge in [-0.15, -0.1) is 0 Å². The highest BCUT2D eigenvalue weighted by Crippen LogP contribution is 2.37. The molecule has 0 aliphatic heterocycles. The number of hydrogen-bond acceptors (Lipinski definition) is 3. The van der Waals surface area contributed by atoms with E-state index in [1.54, 1.807) is 0 Å². The van der Waals surface area contributed by atoms with E-state index in [4.69, 9.17) is 0 Å². The van der Waals surface area contributed by atoms with Gasteiger partial charge in [0, 0.05) is 18.9 Å². The topological polar surface area (TPSA) is 54.5 Å². The Kier molecular flexibility index (Phi) is 6.27. The molecule has 30 heavy (non-hydrogen) atoms. The van der Waals surface area contributed by atoms with Crippen molar-refractivity contribution < 1.29 is 39.6 Å². The lowest BCUT2D eigenvalue weighted by Gasteiger charge is -2.26. The van der Waals surface area contributed by atoms with Gasteiger partial charge in [0.05, 0.1) is 22.1 Å². The first-order valence-electron chi connectivity index (χ1n) is 8.38. The van der Waals surface area contributed by atoms with Gasteiger partial charge in [0.25, 0.3) is 5.91 Å². The smallest absolute Gasteiger partial charge is 0.335 e. The Bertz CT molecular complexity index is 1010. The fourth-order valence-corrected chi connectivity index (χ4v) is 3.31. The monoisotopic (exact) mass is 453 g/mol. The third-order valence-corrected chi connectivity index (χ3v) is 5.66. The molecule has 0 aliphatic rings. The van der Waals surface area contributed by atoms with Crippen LogP contribution in [0.2, 0.25) is 0 Å². The molecule has 4 nitrogen and oxygen atoms in total.